The van der Waals surface area contributed by atoms with Crippen molar-refractivity contribution in [1.29, 1.82) is 0 Å². The first-order valence-corrected chi connectivity index (χ1v) is 6.00. The van der Waals surface area contributed by atoms with Crippen LogP contribution in [0.5, 0.6) is 0 Å². The van der Waals surface area contributed by atoms with Crippen molar-refractivity contribution in [2.24, 2.45) is 11.7 Å². The van der Waals surface area contributed by atoms with Gasteiger partial charge in [-0.3, -0.25) is 4.79 Å². The molecule has 0 aromatic heterocycles. The van der Waals surface area contributed by atoms with Gasteiger partial charge in [-0.1, -0.05) is 12.8 Å². The molecule has 0 heterocycles. The lowest BCUT2D eigenvalue weighted by Crippen LogP contribution is -2.40. The van der Waals surface area contributed by atoms with Crippen LogP contribution < -0.4 is 5.73 Å². The Morgan fingerprint density at radius 2 is 1.76 bits per heavy atom. The summed E-state index contributed by atoms with van der Waals surface area (Å²) in [6.07, 6.45) is 2.51. The van der Waals surface area contributed by atoms with Gasteiger partial charge in [0.2, 0.25) is 0 Å². The van der Waals surface area contributed by atoms with Crippen molar-refractivity contribution >= 4 is 12.1 Å². The molecule has 0 amide bonds. The molecule has 1 fully saturated rings. The minimum absolute atomic E-state index is 0.210. The van der Waals surface area contributed by atoms with Gasteiger partial charge in [0.1, 0.15) is 5.60 Å². The molecule has 0 aromatic rings. The molecule has 1 rings (SSSR count). The van der Waals surface area contributed by atoms with E-state index in [9.17, 15) is 9.59 Å². The van der Waals surface area contributed by atoms with Gasteiger partial charge in [-0.05, 0) is 33.6 Å². The number of hydrogen-bond acceptors (Lipinski definition) is 5. The van der Waals surface area contributed by atoms with Crippen LogP contribution in [-0.2, 0) is 14.3 Å². The van der Waals surface area contributed by atoms with Crippen LogP contribution in [-0.4, -0.2) is 23.8 Å². The SMILES string of the molecule is CC(C)(C)OC(=O)OC(=O)[C@@H]1CCCC[C@H]1N. The predicted octanol–water partition coefficient (Wildman–Crippen LogP) is 1.98. The number of carbonyl (C=O) groups is 2. The second-order valence-corrected chi connectivity index (χ2v) is 5.44. The molecule has 0 saturated heterocycles. The van der Waals surface area contributed by atoms with Crippen LogP contribution >= 0.6 is 0 Å². The van der Waals surface area contributed by atoms with E-state index in [0.29, 0.717) is 6.42 Å². The van der Waals surface area contributed by atoms with Gasteiger partial charge < -0.3 is 15.2 Å². The number of rotatable bonds is 1. The maximum absolute atomic E-state index is 11.7. The molecule has 0 spiro atoms. The summed E-state index contributed by atoms with van der Waals surface area (Å²) in [6, 6.07) is -0.210. The first-order valence-electron chi connectivity index (χ1n) is 6.00. The summed E-state index contributed by atoms with van der Waals surface area (Å²) in [5, 5.41) is 0. The Kier molecular flexibility index (Phi) is 4.51. The van der Waals surface area contributed by atoms with E-state index in [1.807, 2.05) is 0 Å². The van der Waals surface area contributed by atoms with Crippen LogP contribution in [0.25, 0.3) is 0 Å². The van der Waals surface area contributed by atoms with Crippen LogP contribution in [0.4, 0.5) is 4.79 Å². The topological polar surface area (TPSA) is 78.6 Å². The number of esters is 1. The van der Waals surface area contributed by atoms with Crippen molar-refractivity contribution in [3.63, 3.8) is 0 Å². The molecule has 0 radical (unpaired) electrons. The Morgan fingerprint density at radius 3 is 2.29 bits per heavy atom. The third-order valence-corrected chi connectivity index (χ3v) is 2.70. The maximum Gasteiger partial charge on any atom is 0.516 e. The molecular weight excluding hydrogens is 222 g/mol. The second-order valence-electron chi connectivity index (χ2n) is 5.44. The van der Waals surface area contributed by atoms with Crippen molar-refractivity contribution in [2.75, 3.05) is 0 Å². The molecule has 5 heteroatoms. The second kappa shape index (κ2) is 5.49. The van der Waals surface area contributed by atoms with E-state index in [4.69, 9.17) is 10.5 Å². The van der Waals surface area contributed by atoms with Crippen LogP contribution in [0.3, 0.4) is 0 Å². The molecule has 1 saturated carbocycles. The van der Waals surface area contributed by atoms with Gasteiger partial charge in [-0.2, -0.15) is 0 Å². The standard InChI is InChI=1S/C12H21NO4/c1-12(2,3)17-11(15)16-10(14)8-6-4-5-7-9(8)13/h8-9H,4-7,13H2,1-3H3/t8-,9-/m1/s1. The van der Waals surface area contributed by atoms with Crippen LogP contribution in [0.15, 0.2) is 0 Å². The van der Waals surface area contributed by atoms with Crippen LogP contribution in [0, 0.1) is 5.92 Å². The van der Waals surface area contributed by atoms with Gasteiger partial charge >= 0.3 is 12.1 Å². The molecule has 1 aliphatic carbocycles. The fraction of sp³-hybridized carbons (Fsp3) is 0.833. The van der Waals surface area contributed by atoms with E-state index in [1.165, 1.54) is 0 Å². The minimum Gasteiger partial charge on any atom is -0.428 e. The molecule has 2 N–H and O–H groups in total. The van der Waals surface area contributed by atoms with Gasteiger partial charge in [0.15, 0.2) is 0 Å². The van der Waals surface area contributed by atoms with Gasteiger partial charge in [0, 0.05) is 6.04 Å². The Bertz CT molecular complexity index is 295. The van der Waals surface area contributed by atoms with Crippen molar-refractivity contribution in [3.05, 3.63) is 0 Å². The molecule has 5 nitrogen and oxygen atoms in total. The van der Waals surface area contributed by atoms with Crippen molar-refractivity contribution in [1.82, 2.24) is 0 Å². The summed E-state index contributed by atoms with van der Waals surface area (Å²) in [4.78, 5) is 23.0. The van der Waals surface area contributed by atoms with Crippen molar-refractivity contribution in [3.8, 4) is 0 Å². The Balaban J connectivity index is 2.45. The number of nitrogens with two attached hydrogens (primary N) is 1. The fourth-order valence-electron chi connectivity index (χ4n) is 1.88. The summed E-state index contributed by atoms with van der Waals surface area (Å²) in [5.41, 5.74) is 5.17. The average molecular weight is 243 g/mol. The lowest BCUT2D eigenvalue weighted by molar-refractivity contribution is -0.147. The van der Waals surface area contributed by atoms with E-state index < -0.39 is 17.7 Å². The van der Waals surface area contributed by atoms with Crippen molar-refractivity contribution in [2.45, 2.75) is 58.1 Å². The Labute approximate surface area is 102 Å². The van der Waals surface area contributed by atoms with Gasteiger partial charge in [-0.25, -0.2) is 4.79 Å². The smallest absolute Gasteiger partial charge is 0.428 e. The highest BCUT2D eigenvalue weighted by Crippen LogP contribution is 2.24. The Hall–Kier alpha value is -1.10. The summed E-state index contributed by atoms with van der Waals surface area (Å²) < 4.78 is 9.57. The van der Waals surface area contributed by atoms with Crippen LogP contribution in [0.1, 0.15) is 46.5 Å². The predicted molar refractivity (Wildman–Crippen MR) is 62.3 cm³/mol. The van der Waals surface area contributed by atoms with E-state index in [2.05, 4.69) is 4.74 Å². The largest absolute Gasteiger partial charge is 0.516 e. The number of carbonyl (C=O) groups excluding carboxylic acids is 2. The Morgan fingerprint density at radius 1 is 1.18 bits per heavy atom. The zero-order valence-electron chi connectivity index (χ0n) is 10.7. The number of hydrogen-bond donors (Lipinski definition) is 1. The zero-order chi connectivity index (χ0) is 13.1. The average Bonchev–Trinajstić information content (AvgIpc) is 2.14. The normalized spacial score (nSPS) is 25.2. The third-order valence-electron chi connectivity index (χ3n) is 2.70. The quantitative estimate of drug-likeness (QED) is 0.562. The van der Waals surface area contributed by atoms with Crippen molar-refractivity contribution < 1.29 is 19.1 Å². The molecule has 98 valence electrons. The summed E-state index contributed by atoms with van der Waals surface area (Å²) in [5.74, 6) is -0.942. The van der Waals surface area contributed by atoms with Gasteiger partial charge in [0.05, 0.1) is 5.92 Å². The lowest BCUT2D eigenvalue weighted by Gasteiger charge is -2.26. The molecule has 0 aliphatic heterocycles. The highest BCUT2D eigenvalue weighted by Gasteiger charge is 2.32. The maximum atomic E-state index is 11.7. The molecule has 17 heavy (non-hydrogen) atoms. The van der Waals surface area contributed by atoms with Crippen LogP contribution in [0.2, 0.25) is 0 Å². The first kappa shape index (κ1) is 14.0. The number of ether oxygens (including phenoxy) is 2. The van der Waals surface area contributed by atoms with E-state index >= 15 is 0 Å². The molecule has 0 aromatic carbocycles. The van der Waals surface area contributed by atoms with E-state index in [-0.39, 0.29) is 12.0 Å². The molecule has 0 unspecified atom stereocenters. The molecule has 1 aliphatic rings. The fourth-order valence-corrected chi connectivity index (χ4v) is 1.88. The molecule has 0 bridgehead atoms. The summed E-state index contributed by atoms with van der Waals surface area (Å²) in [7, 11) is 0. The first-order chi connectivity index (χ1) is 7.79. The highest BCUT2D eigenvalue weighted by atomic mass is 16.7. The summed E-state index contributed by atoms with van der Waals surface area (Å²) in [6.45, 7) is 5.14. The van der Waals surface area contributed by atoms with Gasteiger partial charge in [-0.15, -0.1) is 0 Å². The lowest BCUT2D eigenvalue weighted by atomic mass is 9.85. The monoisotopic (exact) mass is 243 g/mol. The molecular formula is C12H21NO4. The summed E-state index contributed by atoms with van der Waals surface area (Å²) >= 11 is 0. The van der Waals surface area contributed by atoms with Gasteiger partial charge in [0.25, 0.3) is 0 Å². The van der Waals surface area contributed by atoms with E-state index in [1.54, 1.807) is 20.8 Å². The third kappa shape index (κ3) is 4.73. The highest BCUT2D eigenvalue weighted by molar-refractivity contribution is 5.84. The molecule has 2 atom stereocenters. The minimum atomic E-state index is -0.944. The van der Waals surface area contributed by atoms with E-state index in [0.717, 1.165) is 19.3 Å². The zero-order valence-corrected chi connectivity index (χ0v) is 10.7.